The maximum absolute atomic E-state index is 8.77. The molecule has 6 nitrogen and oxygen atoms in total. The summed E-state index contributed by atoms with van der Waals surface area (Å²) in [6.07, 6.45) is 0.112. The Bertz CT molecular complexity index is 547. The molecule has 0 bridgehead atoms. The third kappa shape index (κ3) is 2.96. The fourth-order valence-corrected chi connectivity index (χ4v) is 3.35. The first-order valence-electron chi connectivity index (χ1n) is 7.72. The van der Waals surface area contributed by atoms with Crippen LogP contribution in [0, 0.1) is 5.92 Å². The molecule has 3 rings (SSSR count). The van der Waals surface area contributed by atoms with Crippen LogP contribution in [0.15, 0.2) is 35.4 Å². The van der Waals surface area contributed by atoms with Gasteiger partial charge in [0, 0.05) is 10.5 Å². The third-order valence-electron chi connectivity index (χ3n) is 4.50. The summed E-state index contributed by atoms with van der Waals surface area (Å²) in [7, 11) is 0. The van der Waals surface area contributed by atoms with Crippen LogP contribution < -0.4 is 0 Å². The number of hydrogen-bond donors (Lipinski definition) is 0. The molecule has 0 amide bonds. The van der Waals surface area contributed by atoms with Gasteiger partial charge < -0.3 is 14.2 Å². The van der Waals surface area contributed by atoms with Gasteiger partial charge in [-0.05, 0) is 24.8 Å². The maximum Gasteiger partial charge on any atom is 0.184 e. The van der Waals surface area contributed by atoms with Gasteiger partial charge in [-0.3, -0.25) is 0 Å². The molecule has 3 unspecified atom stereocenters. The summed E-state index contributed by atoms with van der Waals surface area (Å²) in [5.74, 6) is 0.0811. The van der Waals surface area contributed by atoms with Crippen molar-refractivity contribution in [3.8, 4) is 0 Å². The van der Waals surface area contributed by atoms with Gasteiger partial charge in [-0.25, -0.2) is 0 Å². The first kappa shape index (κ1) is 15.3. The SMILES string of the molecule is CC1[C@@H]2OC(c3ccccc3)OCCC2O[C@H](C)[C@H]1N=[N+]=[N-]. The van der Waals surface area contributed by atoms with Crippen LogP contribution in [0.2, 0.25) is 0 Å². The number of azide groups is 1. The highest BCUT2D eigenvalue weighted by Gasteiger charge is 2.44. The Balaban J connectivity index is 1.82. The van der Waals surface area contributed by atoms with Crippen molar-refractivity contribution in [1.82, 2.24) is 0 Å². The van der Waals surface area contributed by atoms with Gasteiger partial charge in [0.2, 0.25) is 0 Å². The van der Waals surface area contributed by atoms with Crippen molar-refractivity contribution in [2.75, 3.05) is 6.61 Å². The van der Waals surface area contributed by atoms with E-state index in [4.69, 9.17) is 19.7 Å². The fourth-order valence-electron chi connectivity index (χ4n) is 3.35. The molecule has 0 aromatic heterocycles. The quantitative estimate of drug-likeness (QED) is 0.476. The second-order valence-corrected chi connectivity index (χ2v) is 5.94. The van der Waals surface area contributed by atoms with Crippen LogP contribution in [0.1, 0.15) is 32.1 Å². The first-order valence-corrected chi connectivity index (χ1v) is 7.72. The Morgan fingerprint density at radius 3 is 2.68 bits per heavy atom. The van der Waals surface area contributed by atoms with E-state index < -0.39 is 6.29 Å². The molecule has 0 aliphatic carbocycles. The van der Waals surface area contributed by atoms with Crippen molar-refractivity contribution in [1.29, 1.82) is 0 Å². The van der Waals surface area contributed by atoms with E-state index >= 15 is 0 Å². The Kier molecular flexibility index (Phi) is 4.64. The molecule has 1 aromatic rings. The molecule has 2 aliphatic rings. The smallest absolute Gasteiger partial charge is 0.184 e. The molecular weight excluding hydrogens is 282 g/mol. The second-order valence-electron chi connectivity index (χ2n) is 5.94. The van der Waals surface area contributed by atoms with Crippen molar-refractivity contribution in [3.63, 3.8) is 0 Å². The Morgan fingerprint density at radius 1 is 1.18 bits per heavy atom. The van der Waals surface area contributed by atoms with Crippen molar-refractivity contribution in [2.24, 2.45) is 11.0 Å². The van der Waals surface area contributed by atoms with E-state index in [9.17, 15) is 0 Å². The zero-order valence-corrected chi connectivity index (χ0v) is 12.8. The van der Waals surface area contributed by atoms with Gasteiger partial charge in [0.15, 0.2) is 6.29 Å². The van der Waals surface area contributed by atoms with Crippen molar-refractivity contribution in [2.45, 2.75) is 50.9 Å². The highest BCUT2D eigenvalue weighted by Crippen LogP contribution is 2.37. The van der Waals surface area contributed by atoms with Gasteiger partial charge >= 0.3 is 0 Å². The van der Waals surface area contributed by atoms with Crippen LogP contribution >= 0.6 is 0 Å². The van der Waals surface area contributed by atoms with Gasteiger partial charge in [0.05, 0.1) is 31.0 Å². The lowest BCUT2D eigenvalue weighted by Crippen LogP contribution is -2.52. The van der Waals surface area contributed by atoms with Crippen LogP contribution in [0.5, 0.6) is 0 Å². The number of fused-ring (bicyclic) bond motifs is 1. The number of ether oxygens (including phenoxy) is 3. The van der Waals surface area contributed by atoms with Crippen molar-refractivity contribution >= 4 is 0 Å². The van der Waals surface area contributed by atoms with Gasteiger partial charge in [-0.1, -0.05) is 42.4 Å². The van der Waals surface area contributed by atoms with E-state index in [1.165, 1.54) is 0 Å². The van der Waals surface area contributed by atoms with Crippen LogP contribution in [-0.4, -0.2) is 31.0 Å². The monoisotopic (exact) mass is 303 g/mol. The average Bonchev–Trinajstić information content (AvgIpc) is 2.75. The predicted molar refractivity (Wildman–Crippen MR) is 81.1 cm³/mol. The molecule has 0 radical (unpaired) electrons. The van der Waals surface area contributed by atoms with E-state index in [1.54, 1.807) is 0 Å². The molecule has 0 saturated carbocycles. The van der Waals surface area contributed by atoms with E-state index in [0.29, 0.717) is 6.61 Å². The van der Waals surface area contributed by atoms with E-state index in [1.807, 2.05) is 37.3 Å². The zero-order chi connectivity index (χ0) is 15.5. The van der Waals surface area contributed by atoms with Gasteiger partial charge in [0.1, 0.15) is 0 Å². The van der Waals surface area contributed by atoms with E-state index in [0.717, 1.165) is 12.0 Å². The second kappa shape index (κ2) is 6.67. The molecule has 0 spiro atoms. The van der Waals surface area contributed by atoms with Crippen molar-refractivity contribution in [3.05, 3.63) is 46.3 Å². The van der Waals surface area contributed by atoms with Crippen molar-refractivity contribution < 1.29 is 14.2 Å². The highest BCUT2D eigenvalue weighted by atomic mass is 16.7. The number of nitrogens with zero attached hydrogens (tertiary/aromatic N) is 3. The topological polar surface area (TPSA) is 76.5 Å². The Morgan fingerprint density at radius 2 is 1.95 bits per heavy atom. The minimum Gasteiger partial charge on any atom is -0.372 e. The van der Waals surface area contributed by atoms with Crippen LogP contribution in [0.4, 0.5) is 0 Å². The Hall–Kier alpha value is -1.59. The summed E-state index contributed by atoms with van der Waals surface area (Å²) in [5.41, 5.74) is 9.77. The summed E-state index contributed by atoms with van der Waals surface area (Å²) in [4.78, 5) is 2.96. The normalized spacial score (nSPS) is 38.5. The Labute approximate surface area is 130 Å². The van der Waals surface area contributed by atoms with E-state index in [-0.39, 0.29) is 30.3 Å². The lowest BCUT2D eigenvalue weighted by Gasteiger charge is -2.42. The first-order chi connectivity index (χ1) is 10.7. The van der Waals surface area contributed by atoms with E-state index in [2.05, 4.69) is 16.9 Å². The minimum absolute atomic E-state index is 0.0242. The molecule has 2 fully saturated rings. The number of rotatable bonds is 2. The van der Waals surface area contributed by atoms with Gasteiger partial charge in [-0.15, -0.1) is 0 Å². The molecule has 2 aliphatic heterocycles. The standard InChI is InChI=1S/C16H21N3O3/c1-10-14(18-19-17)11(2)21-13-8-9-20-16(22-15(10)13)12-6-4-3-5-7-12/h3-7,10-11,13-16H,8-9H2,1-2H3/t10?,11-,13?,14+,15+,16?/m1/s1. The lowest BCUT2D eigenvalue weighted by molar-refractivity contribution is -0.215. The molecule has 22 heavy (non-hydrogen) atoms. The largest absolute Gasteiger partial charge is 0.372 e. The molecule has 1 aromatic carbocycles. The minimum atomic E-state index is -0.401. The zero-order valence-electron chi connectivity index (χ0n) is 12.8. The molecule has 2 heterocycles. The molecule has 2 saturated heterocycles. The summed E-state index contributed by atoms with van der Waals surface area (Å²) >= 11 is 0. The molecular formula is C16H21N3O3. The van der Waals surface area contributed by atoms with Crippen LogP contribution in [0.25, 0.3) is 10.4 Å². The predicted octanol–water partition coefficient (Wildman–Crippen LogP) is 3.59. The van der Waals surface area contributed by atoms with Crippen LogP contribution in [0.3, 0.4) is 0 Å². The maximum atomic E-state index is 8.77. The summed E-state index contributed by atoms with van der Waals surface area (Å²) < 4.78 is 18.1. The average molecular weight is 303 g/mol. The van der Waals surface area contributed by atoms with Gasteiger partial charge in [0.25, 0.3) is 0 Å². The summed E-state index contributed by atoms with van der Waals surface area (Å²) in [5, 5.41) is 3.90. The van der Waals surface area contributed by atoms with Crippen LogP contribution in [-0.2, 0) is 14.2 Å². The number of benzene rings is 1. The number of hydrogen-bond acceptors (Lipinski definition) is 4. The summed E-state index contributed by atoms with van der Waals surface area (Å²) in [6, 6.07) is 9.67. The molecule has 6 heteroatoms. The fraction of sp³-hybridized carbons (Fsp3) is 0.625. The molecule has 118 valence electrons. The summed E-state index contributed by atoms with van der Waals surface area (Å²) in [6.45, 7) is 4.60. The highest BCUT2D eigenvalue weighted by molar-refractivity contribution is 5.16. The molecule has 0 N–H and O–H groups in total. The van der Waals surface area contributed by atoms with Gasteiger partial charge in [-0.2, -0.15) is 0 Å². The lowest BCUT2D eigenvalue weighted by atomic mass is 9.85. The third-order valence-corrected chi connectivity index (χ3v) is 4.50. The molecule has 6 atom stereocenters.